The van der Waals surface area contributed by atoms with Crippen LogP contribution in [0.1, 0.15) is 41.3 Å². The molecule has 5 heteroatoms. The number of primary amides is 1. The minimum atomic E-state index is -0.485. The largest absolute Gasteiger partial charge is 0.366 e. The summed E-state index contributed by atoms with van der Waals surface area (Å²) in [5.74, 6) is -0.501. The van der Waals surface area contributed by atoms with Gasteiger partial charge in [0.15, 0.2) is 0 Å². The average molecular weight is 395 g/mol. The number of hydrogen-bond acceptors (Lipinski definition) is 1. The fourth-order valence-corrected chi connectivity index (χ4v) is 3.96. The summed E-state index contributed by atoms with van der Waals surface area (Å²) in [7, 11) is 0. The first-order valence-corrected chi connectivity index (χ1v) is 9.54. The van der Waals surface area contributed by atoms with Crippen molar-refractivity contribution in [1.29, 1.82) is 0 Å². The first-order valence-electron chi connectivity index (χ1n) is 9.16. The molecule has 1 aromatic heterocycles. The van der Waals surface area contributed by atoms with Gasteiger partial charge in [-0.25, -0.2) is 4.39 Å². The summed E-state index contributed by atoms with van der Waals surface area (Å²) in [4.78, 5) is 12.0. The minimum absolute atomic E-state index is 0.259. The van der Waals surface area contributed by atoms with Gasteiger partial charge in [0.25, 0.3) is 0 Å². The van der Waals surface area contributed by atoms with Gasteiger partial charge < -0.3 is 10.3 Å². The summed E-state index contributed by atoms with van der Waals surface area (Å²) in [6.07, 6.45) is 0. The molecular formula is C23H20ClFN2O. The van der Waals surface area contributed by atoms with E-state index < -0.39 is 5.91 Å². The fraction of sp³-hybridized carbons (Fsp3) is 0.174. The number of carbonyl (C=O) groups excluding carboxylic acids is 1. The summed E-state index contributed by atoms with van der Waals surface area (Å²) in [5, 5.41) is 2.08. The molecular weight excluding hydrogens is 375 g/mol. The SMILES string of the molecule is CC(C)c1ccc2c3c(C(N)=O)cccc3n(Cc3c(F)cccc3Cl)c2c1. The number of fused-ring (bicyclic) bond motifs is 3. The van der Waals surface area contributed by atoms with Crippen molar-refractivity contribution in [3.05, 3.63) is 82.1 Å². The third-order valence-electron chi connectivity index (χ3n) is 5.23. The molecule has 0 aliphatic rings. The Morgan fingerprint density at radius 2 is 1.86 bits per heavy atom. The Morgan fingerprint density at radius 3 is 2.54 bits per heavy atom. The average Bonchev–Trinajstić information content (AvgIpc) is 2.97. The van der Waals surface area contributed by atoms with Crippen molar-refractivity contribution in [2.75, 3.05) is 0 Å². The van der Waals surface area contributed by atoms with Crippen molar-refractivity contribution in [3.63, 3.8) is 0 Å². The molecule has 0 bridgehead atoms. The molecule has 0 radical (unpaired) electrons. The first kappa shape index (κ1) is 18.5. The molecule has 1 amide bonds. The van der Waals surface area contributed by atoms with Gasteiger partial charge in [0.2, 0.25) is 5.91 Å². The molecule has 1 heterocycles. The number of rotatable bonds is 4. The van der Waals surface area contributed by atoms with E-state index >= 15 is 0 Å². The van der Waals surface area contributed by atoms with Gasteiger partial charge >= 0.3 is 0 Å². The third-order valence-corrected chi connectivity index (χ3v) is 5.58. The molecule has 0 atom stereocenters. The third kappa shape index (κ3) is 2.94. The lowest BCUT2D eigenvalue weighted by molar-refractivity contribution is 0.100. The Morgan fingerprint density at radius 1 is 1.11 bits per heavy atom. The van der Waals surface area contributed by atoms with Crippen molar-refractivity contribution >= 4 is 39.3 Å². The van der Waals surface area contributed by atoms with Gasteiger partial charge in [0.05, 0.1) is 12.1 Å². The maximum atomic E-state index is 14.5. The normalized spacial score (nSPS) is 11.6. The first-order chi connectivity index (χ1) is 13.4. The van der Waals surface area contributed by atoms with E-state index in [0.29, 0.717) is 22.1 Å². The molecule has 0 saturated carbocycles. The van der Waals surface area contributed by atoms with E-state index in [-0.39, 0.29) is 12.4 Å². The molecule has 4 rings (SSSR count). The zero-order valence-electron chi connectivity index (χ0n) is 15.7. The summed E-state index contributed by atoms with van der Waals surface area (Å²) in [5.41, 5.74) is 9.42. The van der Waals surface area contributed by atoms with Crippen LogP contribution in [-0.4, -0.2) is 10.5 Å². The molecule has 0 fully saturated rings. The van der Waals surface area contributed by atoms with Gasteiger partial charge in [-0.3, -0.25) is 4.79 Å². The zero-order chi connectivity index (χ0) is 20.0. The molecule has 3 aromatic carbocycles. The maximum Gasteiger partial charge on any atom is 0.249 e. The monoisotopic (exact) mass is 394 g/mol. The van der Waals surface area contributed by atoms with Crippen LogP contribution in [0.5, 0.6) is 0 Å². The van der Waals surface area contributed by atoms with Crippen LogP contribution in [0.2, 0.25) is 5.02 Å². The molecule has 0 unspecified atom stereocenters. The van der Waals surface area contributed by atoms with Crippen LogP contribution in [0.15, 0.2) is 54.6 Å². The number of benzene rings is 3. The lowest BCUT2D eigenvalue weighted by atomic mass is 10.00. The second kappa shape index (κ2) is 6.95. The summed E-state index contributed by atoms with van der Waals surface area (Å²) in [6, 6.07) is 16.3. The molecule has 142 valence electrons. The van der Waals surface area contributed by atoms with Gasteiger partial charge in [-0.05, 0) is 41.8 Å². The van der Waals surface area contributed by atoms with Crippen LogP contribution >= 0.6 is 11.6 Å². The molecule has 28 heavy (non-hydrogen) atoms. The van der Waals surface area contributed by atoms with Gasteiger partial charge in [-0.2, -0.15) is 0 Å². The number of hydrogen-bond donors (Lipinski definition) is 1. The predicted molar refractivity (Wildman–Crippen MR) is 113 cm³/mol. The van der Waals surface area contributed by atoms with E-state index in [4.69, 9.17) is 17.3 Å². The van der Waals surface area contributed by atoms with Crippen LogP contribution in [0.25, 0.3) is 21.8 Å². The fourth-order valence-electron chi connectivity index (χ4n) is 3.74. The summed E-state index contributed by atoms with van der Waals surface area (Å²) >= 11 is 6.28. The van der Waals surface area contributed by atoms with Crippen molar-refractivity contribution in [2.24, 2.45) is 5.73 Å². The molecule has 4 aromatic rings. The Bertz CT molecular complexity index is 1210. The minimum Gasteiger partial charge on any atom is -0.366 e. The van der Waals surface area contributed by atoms with Crippen LogP contribution < -0.4 is 5.73 Å². The van der Waals surface area contributed by atoms with Gasteiger partial charge in [-0.1, -0.05) is 49.7 Å². The molecule has 0 spiro atoms. The number of aromatic nitrogens is 1. The van der Waals surface area contributed by atoms with Gasteiger partial charge in [-0.15, -0.1) is 0 Å². The quantitative estimate of drug-likeness (QED) is 0.463. The number of nitrogens with zero attached hydrogens (tertiary/aromatic N) is 1. The summed E-state index contributed by atoms with van der Waals surface area (Å²) < 4.78 is 16.5. The summed E-state index contributed by atoms with van der Waals surface area (Å²) in [6.45, 7) is 4.50. The topological polar surface area (TPSA) is 48.0 Å². The lowest BCUT2D eigenvalue weighted by Crippen LogP contribution is -2.11. The highest BCUT2D eigenvalue weighted by Gasteiger charge is 2.19. The van der Waals surface area contributed by atoms with Crippen LogP contribution in [0, 0.1) is 5.82 Å². The van der Waals surface area contributed by atoms with Crippen molar-refractivity contribution in [1.82, 2.24) is 4.57 Å². The number of amides is 1. The molecule has 3 nitrogen and oxygen atoms in total. The van der Waals surface area contributed by atoms with Crippen molar-refractivity contribution in [2.45, 2.75) is 26.3 Å². The Hall–Kier alpha value is -2.85. The standard InChI is InChI=1S/C23H20ClFN2O/c1-13(2)14-9-10-15-21(11-14)27(12-17-18(24)6-4-7-19(17)25)20-8-3-5-16(22(15)20)23(26)28/h3-11,13H,12H2,1-2H3,(H2,26,28). The van der Waals surface area contributed by atoms with E-state index in [0.717, 1.165) is 27.4 Å². The highest BCUT2D eigenvalue weighted by atomic mass is 35.5. The lowest BCUT2D eigenvalue weighted by Gasteiger charge is -2.12. The molecule has 2 N–H and O–H groups in total. The van der Waals surface area contributed by atoms with Gasteiger partial charge in [0.1, 0.15) is 5.82 Å². The Kier molecular flexibility index (Phi) is 4.60. The smallest absolute Gasteiger partial charge is 0.249 e. The Balaban J connectivity index is 2.08. The second-order valence-corrected chi connectivity index (χ2v) is 7.69. The van der Waals surface area contributed by atoms with Crippen LogP contribution in [0.4, 0.5) is 4.39 Å². The predicted octanol–water partition coefficient (Wildman–Crippen LogP) is 5.86. The van der Waals surface area contributed by atoms with E-state index in [9.17, 15) is 9.18 Å². The number of carbonyl (C=O) groups is 1. The number of halogens is 2. The molecule has 0 aliphatic carbocycles. The van der Waals surface area contributed by atoms with E-state index in [1.54, 1.807) is 24.3 Å². The van der Waals surface area contributed by atoms with E-state index in [1.165, 1.54) is 6.07 Å². The number of nitrogens with two attached hydrogens (primary N) is 1. The highest BCUT2D eigenvalue weighted by molar-refractivity contribution is 6.31. The maximum absolute atomic E-state index is 14.5. The van der Waals surface area contributed by atoms with Crippen LogP contribution in [-0.2, 0) is 6.54 Å². The zero-order valence-corrected chi connectivity index (χ0v) is 16.4. The van der Waals surface area contributed by atoms with E-state index in [1.807, 2.05) is 16.7 Å². The van der Waals surface area contributed by atoms with Crippen LogP contribution in [0.3, 0.4) is 0 Å². The van der Waals surface area contributed by atoms with Gasteiger partial charge in [0, 0.05) is 32.4 Å². The highest BCUT2D eigenvalue weighted by Crippen LogP contribution is 2.35. The second-order valence-electron chi connectivity index (χ2n) is 7.28. The molecule has 0 saturated heterocycles. The van der Waals surface area contributed by atoms with Crippen molar-refractivity contribution in [3.8, 4) is 0 Å². The molecule has 0 aliphatic heterocycles. The van der Waals surface area contributed by atoms with Crippen molar-refractivity contribution < 1.29 is 9.18 Å². The Labute approximate surface area is 167 Å². The van der Waals surface area contributed by atoms with E-state index in [2.05, 4.69) is 26.0 Å².